The number of hydrogen-bond acceptors (Lipinski definition) is 3. The van der Waals surface area contributed by atoms with Gasteiger partial charge in [-0.15, -0.1) is 0 Å². The van der Waals surface area contributed by atoms with Crippen LogP contribution in [0.1, 0.15) is 25.0 Å². The van der Waals surface area contributed by atoms with Crippen LogP contribution >= 0.6 is 0 Å². The fraction of sp³-hybridized carbons (Fsp3) is 0.250. The number of rotatable bonds is 3. The van der Waals surface area contributed by atoms with Gasteiger partial charge in [-0.2, -0.15) is 0 Å². The molecule has 3 rings (SSSR count). The highest BCUT2D eigenvalue weighted by Gasteiger charge is 2.13. The summed E-state index contributed by atoms with van der Waals surface area (Å²) in [7, 11) is 0. The quantitative estimate of drug-likeness (QED) is 0.764. The minimum absolute atomic E-state index is 0.0326. The Morgan fingerprint density at radius 1 is 1.16 bits per heavy atom. The van der Waals surface area contributed by atoms with Gasteiger partial charge in [-0.1, -0.05) is 13.8 Å². The van der Waals surface area contributed by atoms with E-state index in [4.69, 9.17) is 0 Å². The lowest BCUT2D eigenvalue weighted by Crippen LogP contribution is -2.18. The normalized spacial score (nSPS) is 11.1. The summed E-state index contributed by atoms with van der Waals surface area (Å²) in [6, 6.07) is 9.34. The van der Waals surface area contributed by atoms with Gasteiger partial charge < -0.3 is 10.3 Å². The molecule has 0 saturated carbocycles. The molecule has 1 aromatic carbocycles. The Kier molecular flexibility index (Phi) is 4.40. The van der Waals surface area contributed by atoms with E-state index in [0.29, 0.717) is 11.3 Å². The number of carbonyl (C=O) groups excluding carboxylic acids is 1. The molecule has 0 radical (unpaired) electrons. The van der Waals surface area contributed by atoms with E-state index in [0.717, 1.165) is 27.7 Å². The predicted octanol–water partition coefficient (Wildman–Crippen LogP) is 3.80. The van der Waals surface area contributed by atoms with Crippen LogP contribution in [0, 0.1) is 19.8 Å². The number of fused-ring (bicyclic) bond motifs is 1. The Bertz CT molecular complexity index is 1020. The van der Waals surface area contributed by atoms with Crippen LogP contribution in [0.2, 0.25) is 0 Å². The van der Waals surface area contributed by atoms with Crippen LogP contribution in [0.25, 0.3) is 22.2 Å². The molecule has 0 unspecified atom stereocenters. The molecule has 5 heteroatoms. The van der Waals surface area contributed by atoms with Crippen LogP contribution in [-0.4, -0.2) is 15.9 Å². The third-order valence-electron chi connectivity index (χ3n) is 4.24. The molecular weight excluding hydrogens is 314 g/mol. The largest absolute Gasteiger partial charge is 0.329 e. The molecule has 0 aliphatic rings. The van der Waals surface area contributed by atoms with Gasteiger partial charge in [0.05, 0.1) is 16.8 Å². The Balaban J connectivity index is 2.16. The van der Waals surface area contributed by atoms with Crippen molar-refractivity contribution in [2.45, 2.75) is 27.7 Å². The van der Waals surface area contributed by atoms with Crippen molar-refractivity contribution in [1.82, 2.24) is 9.97 Å². The first-order valence-electron chi connectivity index (χ1n) is 8.27. The van der Waals surface area contributed by atoms with Crippen molar-refractivity contribution < 1.29 is 4.79 Å². The number of anilines is 1. The van der Waals surface area contributed by atoms with Crippen molar-refractivity contribution >= 4 is 22.5 Å². The molecule has 0 aliphatic carbocycles. The first kappa shape index (κ1) is 16.9. The first-order chi connectivity index (χ1) is 11.9. The monoisotopic (exact) mass is 335 g/mol. The van der Waals surface area contributed by atoms with Gasteiger partial charge in [0.25, 0.3) is 5.56 Å². The van der Waals surface area contributed by atoms with E-state index in [1.807, 2.05) is 45.9 Å². The number of benzene rings is 1. The number of pyridine rings is 2. The number of aryl methyl sites for hydroxylation is 2. The molecule has 128 valence electrons. The fourth-order valence-electron chi connectivity index (χ4n) is 2.72. The van der Waals surface area contributed by atoms with Gasteiger partial charge in [-0.25, -0.2) is 4.98 Å². The molecule has 0 spiro atoms. The van der Waals surface area contributed by atoms with Crippen LogP contribution in [-0.2, 0) is 4.79 Å². The zero-order valence-corrected chi connectivity index (χ0v) is 14.8. The molecule has 2 N–H and O–H groups in total. The topological polar surface area (TPSA) is 74.8 Å². The van der Waals surface area contributed by atoms with Crippen LogP contribution in [0.5, 0.6) is 0 Å². The fourth-order valence-corrected chi connectivity index (χ4v) is 2.72. The Labute approximate surface area is 146 Å². The van der Waals surface area contributed by atoms with Crippen LogP contribution < -0.4 is 10.9 Å². The number of aromatic nitrogens is 2. The molecule has 0 atom stereocenters. The summed E-state index contributed by atoms with van der Waals surface area (Å²) in [6.07, 6.45) is 1.60. The average Bonchev–Trinajstić information content (AvgIpc) is 2.56. The molecular formula is C20H21N3O2. The lowest BCUT2D eigenvalue weighted by Gasteiger charge is -2.13. The number of nitrogens with zero attached hydrogens (tertiary/aromatic N) is 1. The Hall–Kier alpha value is -2.95. The highest BCUT2D eigenvalue weighted by atomic mass is 16.1. The van der Waals surface area contributed by atoms with Gasteiger partial charge in [-0.3, -0.25) is 9.59 Å². The van der Waals surface area contributed by atoms with Gasteiger partial charge in [0.1, 0.15) is 0 Å². The minimum atomic E-state index is -0.172. The lowest BCUT2D eigenvalue weighted by molar-refractivity contribution is -0.118. The molecule has 1 amide bonds. The summed E-state index contributed by atoms with van der Waals surface area (Å²) in [6.45, 7) is 7.67. The standard InChI is InChI=1S/C20H21N3O2/c1-11(2)19(24)23-16-10-18-15(8-13(16)4)12(3)9-17(22-18)14-6-5-7-21-20(14)25/h5-11H,1-4H3,(H,21,25)(H,23,24). The third kappa shape index (κ3) is 3.31. The molecule has 2 heterocycles. The summed E-state index contributed by atoms with van der Waals surface area (Å²) in [5, 5.41) is 3.96. The third-order valence-corrected chi connectivity index (χ3v) is 4.24. The van der Waals surface area contributed by atoms with Crippen LogP contribution in [0.3, 0.4) is 0 Å². The summed E-state index contributed by atoms with van der Waals surface area (Å²) in [5.74, 6) is -0.131. The number of hydrogen-bond donors (Lipinski definition) is 2. The zero-order chi connectivity index (χ0) is 18.1. The molecule has 0 aliphatic heterocycles. The van der Waals surface area contributed by atoms with Gasteiger partial charge >= 0.3 is 0 Å². The van der Waals surface area contributed by atoms with Crippen molar-refractivity contribution in [2.24, 2.45) is 5.92 Å². The van der Waals surface area contributed by atoms with Crippen molar-refractivity contribution in [2.75, 3.05) is 5.32 Å². The highest BCUT2D eigenvalue weighted by molar-refractivity contribution is 5.96. The Morgan fingerprint density at radius 3 is 2.60 bits per heavy atom. The number of H-pyrrole nitrogens is 1. The second kappa shape index (κ2) is 6.51. The van der Waals surface area contributed by atoms with E-state index in [-0.39, 0.29) is 17.4 Å². The minimum Gasteiger partial charge on any atom is -0.329 e. The lowest BCUT2D eigenvalue weighted by atomic mass is 10.0. The number of nitrogens with one attached hydrogen (secondary N) is 2. The highest BCUT2D eigenvalue weighted by Crippen LogP contribution is 2.28. The molecule has 5 nitrogen and oxygen atoms in total. The molecule has 3 aromatic rings. The molecule has 0 saturated heterocycles. The summed E-state index contributed by atoms with van der Waals surface area (Å²) >= 11 is 0. The van der Waals surface area contributed by atoms with Gasteiger partial charge in [0, 0.05) is 23.2 Å². The van der Waals surface area contributed by atoms with Crippen LogP contribution in [0.4, 0.5) is 5.69 Å². The van der Waals surface area contributed by atoms with Crippen molar-refractivity contribution in [1.29, 1.82) is 0 Å². The predicted molar refractivity (Wildman–Crippen MR) is 101 cm³/mol. The van der Waals surface area contributed by atoms with E-state index >= 15 is 0 Å². The summed E-state index contributed by atoms with van der Waals surface area (Å²) in [4.78, 5) is 31.4. The maximum Gasteiger partial charge on any atom is 0.257 e. The van der Waals surface area contributed by atoms with E-state index in [1.54, 1.807) is 18.3 Å². The number of carbonyl (C=O) groups is 1. The van der Waals surface area contributed by atoms with Gasteiger partial charge in [0.15, 0.2) is 0 Å². The maximum atomic E-state index is 12.1. The van der Waals surface area contributed by atoms with Gasteiger partial charge in [-0.05, 0) is 55.3 Å². The van der Waals surface area contributed by atoms with Crippen molar-refractivity contribution in [3.05, 3.63) is 58.0 Å². The average molecular weight is 335 g/mol. The molecule has 2 aromatic heterocycles. The second-order valence-electron chi connectivity index (χ2n) is 6.57. The number of aromatic amines is 1. The summed E-state index contributed by atoms with van der Waals surface area (Å²) in [5.41, 5.74) is 4.50. The first-order valence-corrected chi connectivity index (χ1v) is 8.27. The van der Waals surface area contributed by atoms with Crippen LogP contribution in [0.15, 0.2) is 41.3 Å². The van der Waals surface area contributed by atoms with Crippen molar-refractivity contribution in [3.8, 4) is 11.3 Å². The van der Waals surface area contributed by atoms with E-state index < -0.39 is 0 Å². The van der Waals surface area contributed by atoms with E-state index in [2.05, 4.69) is 15.3 Å². The van der Waals surface area contributed by atoms with Gasteiger partial charge in [0.2, 0.25) is 5.91 Å². The molecule has 25 heavy (non-hydrogen) atoms. The SMILES string of the molecule is Cc1cc2c(C)cc(-c3ccc[nH]c3=O)nc2cc1NC(=O)C(C)C. The summed E-state index contributed by atoms with van der Waals surface area (Å²) < 4.78 is 0. The maximum absolute atomic E-state index is 12.1. The van der Waals surface area contributed by atoms with E-state index in [1.165, 1.54) is 0 Å². The molecule has 0 fully saturated rings. The molecule has 0 bridgehead atoms. The smallest absolute Gasteiger partial charge is 0.257 e. The Morgan fingerprint density at radius 2 is 1.92 bits per heavy atom. The van der Waals surface area contributed by atoms with E-state index in [9.17, 15) is 9.59 Å². The van der Waals surface area contributed by atoms with Crippen molar-refractivity contribution in [3.63, 3.8) is 0 Å². The second-order valence-corrected chi connectivity index (χ2v) is 6.57. The number of amides is 1. The zero-order valence-electron chi connectivity index (χ0n) is 14.8.